The minimum absolute atomic E-state index is 0.552. The van der Waals surface area contributed by atoms with Crippen molar-refractivity contribution in [2.24, 2.45) is 0 Å². The van der Waals surface area contributed by atoms with Crippen molar-refractivity contribution in [3.05, 3.63) is 47.4 Å². The Bertz CT molecular complexity index is 696. The summed E-state index contributed by atoms with van der Waals surface area (Å²) in [5, 5.41) is 3.69. The standard InChI is InChI=1S/C20H28N4O/c1-4-17-12-20(23-14-22-17)24-9-7-18(8-10-24)21-13-16-6-5-15(2)19(11-16)25-3/h5-6,11-12,14,18,21H,4,7-10,13H2,1-3H3. The zero-order valence-corrected chi connectivity index (χ0v) is 15.5. The van der Waals surface area contributed by atoms with E-state index < -0.39 is 0 Å². The molecular weight excluding hydrogens is 312 g/mol. The molecule has 0 aliphatic carbocycles. The average molecular weight is 340 g/mol. The van der Waals surface area contributed by atoms with E-state index in [1.807, 2.05) is 0 Å². The van der Waals surface area contributed by atoms with E-state index in [9.17, 15) is 0 Å². The molecule has 2 heterocycles. The monoisotopic (exact) mass is 340 g/mol. The summed E-state index contributed by atoms with van der Waals surface area (Å²) in [6, 6.07) is 9.10. The number of methoxy groups -OCH3 is 1. The third-order valence-electron chi connectivity index (χ3n) is 4.96. The lowest BCUT2D eigenvalue weighted by Gasteiger charge is -2.33. The molecule has 25 heavy (non-hydrogen) atoms. The SMILES string of the molecule is CCc1cc(N2CCC(NCc3ccc(C)c(OC)c3)CC2)ncn1. The number of aryl methyl sites for hydroxylation is 2. The maximum atomic E-state index is 5.41. The molecule has 5 nitrogen and oxygen atoms in total. The molecule has 5 heteroatoms. The molecule has 0 unspecified atom stereocenters. The number of aromatic nitrogens is 2. The van der Waals surface area contributed by atoms with Crippen LogP contribution in [0, 0.1) is 6.92 Å². The van der Waals surface area contributed by atoms with Crippen LogP contribution in [0.1, 0.15) is 36.6 Å². The Morgan fingerprint density at radius 2 is 2.00 bits per heavy atom. The fourth-order valence-corrected chi connectivity index (χ4v) is 3.30. The average Bonchev–Trinajstić information content (AvgIpc) is 2.68. The summed E-state index contributed by atoms with van der Waals surface area (Å²) in [5.41, 5.74) is 3.56. The molecule has 0 amide bonds. The van der Waals surface area contributed by atoms with Crippen molar-refractivity contribution >= 4 is 5.82 Å². The van der Waals surface area contributed by atoms with E-state index in [1.165, 1.54) is 11.1 Å². The van der Waals surface area contributed by atoms with Crippen LogP contribution in [0.5, 0.6) is 5.75 Å². The maximum absolute atomic E-state index is 5.41. The van der Waals surface area contributed by atoms with Crippen LogP contribution < -0.4 is 15.0 Å². The molecule has 1 saturated heterocycles. The highest BCUT2D eigenvalue weighted by Crippen LogP contribution is 2.21. The molecule has 3 rings (SSSR count). The number of nitrogens with zero attached hydrogens (tertiary/aromatic N) is 3. The second-order valence-corrected chi connectivity index (χ2v) is 6.67. The van der Waals surface area contributed by atoms with Crippen molar-refractivity contribution < 1.29 is 4.74 Å². The number of hydrogen-bond donors (Lipinski definition) is 1. The van der Waals surface area contributed by atoms with Gasteiger partial charge in [0.05, 0.1) is 7.11 Å². The van der Waals surface area contributed by atoms with Gasteiger partial charge in [-0.2, -0.15) is 0 Å². The Morgan fingerprint density at radius 3 is 2.72 bits per heavy atom. The van der Waals surface area contributed by atoms with Gasteiger partial charge in [0.15, 0.2) is 0 Å². The highest BCUT2D eigenvalue weighted by atomic mass is 16.5. The van der Waals surface area contributed by atoms with E-state index in [0.29, 0.717) is 6.04 Å². The van der Waals surface area contributed by atoms with Crippen LogP contribution in [0.15, 0.2) is 30.6 Å². The Morgan fingerprint density at radius 1 is 1.20 bits per heavy atom. The first-order chi connectivity index (χ1) is 12.2. The molecule has 2 aromatic rings. The van der Waals surface area contributed by atoms with Gasteiger partial charge in [0.2, 0.25) is 0 Å². The zero-order chi connectivity index (χ0) is 17.6. The van der Waals surface area contributed by atoms with Gasteiger partial charge < -0.3 is 15.0 Å². The van der Waals surface area contributed by atoms with Gasteiger partial charge in [0.25, 0.3) is 0 Å². The molecule has 0 spiro atoms. The van der Waals surface area contributed by atoms with Crippen molar-refractivity contribution in [3.8, 4) is 5.75 Å². The Hall–Kier alpha value is -2.14. The third-order valence-corrected chi connectivity index (χ3v) is 4.96. The van der Waals surface area contributed by atoms with Gasteiger partial charge in [0, 0.05) is 37.4 Å². The number of piperidine rings is 1. The lowest BCUT2D eigenvalue weighted by Crippen LogP contribution is -2.42. The fourth-order valence-electron chi connectivity index (χ4n) is 3.30. The molecular formula is C20H28N4O. The van der Waals surface area contributed by atoms with Gasteiger partial charge in [0.1, 0.15) is 17.9 Å². The summed E-state index contributed by atoms with van der Waals surface area (Å²) in [6.07, 6.45) is 4.90. The first-order valence-corrected chi connectivity index (χ1v) is 9.12. The highest BCUT2D eigenvalue weighted by Gasteiger charge is 2.20. The van der Waals surface area contributed by atoms with Crippen LogP contribution in [0.3, 0.4) is 0 Å². The number of nitrogens with one attached hydrogen (secondary N) is 1. The summed E-state index contributed by atoms with van der Waals surface area (Å²) < 4.78 is 5.41. The topological polar surface area (TPSA) is 50.3 Å². The predicted octanol–water partition coefficient (Wildman–Crippen LogP) is 3.11. The lowest BCUT2D eigenvalue weighted by molar-refractivity contribution is 0.405. The molecule has 1 aromatic carbocycles. The van der Waals surface area contributed by atoms with Crippen molar-refractivity contribution in [1.29, 1.82) is 0 Å². The van der Waals surface area contributed by atoms with Crippen LogP contribution in [-0.2, 0) is 13.0 Å². The summed E-state index contributed by atoms with van der Waals surface area (Å²) >= 11 is 0. The van der Waals surface area contributed by atoms with Gasteiger partial charge in [-0.25, -0.2) is 9.97 Å². The number of rotatable bonds is 6. The van der Waals surface area contributed by atoms with Crippen LogP contribution >= 0.6 is 0 Å². The van der Waals surface area contributed by atoms with Crippen molar-refractivity contribution in [2.75, 3.05) is 25.1 Å². The smallest absolute Gasteiger partial charge is 0.132 e. The van der Waals surface area contributed by atoms with E-state index in [2.05, 4.69) is 58.3 Å². The van der Waals surface area contributed by atoms with Crippen molar-refractivity contribution in [2.45, 2.75) is 45.7 Å². The third kappa shape index (κ3) is 4.48. The molecule has 1 aromatic heterocycles. The molecule has 0 bridgehead atoms. The van der Waals surface area contributed by atoms with Crippen LogP contribution in [-0.4, -0.2) is 36.2 Å². The summed E-state index contributed by atoms with van der Waals surface area (Å²) in [7, 11) is 1.73. The van der Waals surface area contributed by atoms with Gasteiger partial charge in [-0.15, -0.1) is 0 Å². The van der Waals surface area contributed by atoms with E-state index in [4.69, 9.17) is 4.74 Å². The van der Waals surface area contributed by atoms with Gasteiger partial charge in [-0.05, 0) is 43.4 Å². The second kappa shape index (κ2) is 8.30. The molecule has 0 radical (unpaired) electrons. The van der Waals surface area contributed by atoms with Crippen LogP contribution in [0.25, 0.3) is 0 Å². The van der Waals surface area contributed by atoms with E-state index >= 15 is 0 Å². The Labute approximate surface area is 150 Å². The molecule has 0 saturated carbocycles. The minimum atomic E-state index is 0.552. The second-order valence-electron chi connectivity index (χ2n) is 6.67. The van der Waals surface area contributed by atoms with Gasteiger partial charge in [-0.3, -0.25) is 0 Å². The number of hydrogen-bond acceptors (Lipinski definition) is 5. The van der Waals surface area contributed by atoms with Crippen molar-refractivity contribution in [1.82, 2.24) is 15.3 Å². The summed E-state index contributed by atoms with van der Waals surface area (Å²) in [5.74, 6) is 2.03. The van der Waals surface area contributed by atoms with Crippen LogP contribution in [0.2, 0.25) is 0 Å². The highest BCUT2D eigenvalue weighted by molar-refractivity contribution is 5.39. The van der Waals surface area contributed by atoms with E-state index in [0.717, 1.165) is 56.2 Å². The molecule has 1 aliphatic heterocycles. The minimum Gasteiger partial charge on any atom is -0.496 e. The Balaban J connectivity index is 1.51. The zero-order valence-electron chi connectivity index (χ0n) is 15.5. The summed E-state index contributed by atoms with van der Waals surface area (Å²) in [4.78, 5) is 11.1. The quantitative estimate of drug-likeness (QED) is 0.876. The largest absolute Gasteiger partial charge is 0.496 e. The molecule has 134 valence electrons. The van der Waals surface area contributed by atoms with Gasteiger partial charge >= 0.3 is 0 Å². The number of anilines is 1. The summed E-state index contributed by atoms with van der Waals surface area (Å²) in [6.45, 7) is 7.16. The van der Waals surface area contributed by atoms with E-state index in [1.54, 1.807) is 13.4 Å². The normalized spacial score (nSPS) is 15.4. The lowest BCUT2D eigenvalue weighted by atomic mass is 10.0. The molecule has 1 N–H and O–H groups in total. The first-order valence-electron chi connectivity index (χ1n) is 9.12. The molecule has 1 fully saturated rings. The molecule has 1 aliphatic rings. The van der Waals surface area contributed by atoms with Crippen LogP contribution in [0.4, 0.5) is 5.82 Å². The number of ether oxygens (including phenoxy) is 1. The fraction of sp³-hybridized carbons (Fsp3) is 0.500. The molecule has 0 atom stereocenters. The van der Waals surface area contributed by atoms with Gasteiger partial charge in [-0.1, -0.05) is 19.1 Å². The maximum Gasteiger partial charge on any atom is 0.132 e. The predicted molar refractivity (Wildman–Crippen MR) is 101 cm³/mol. The Kier molecular flexibility index (Phi) is 5.87. The first kappa shape index (κ1) is 17.7. The van der Waals surface area contributed by atoms with E-state index in [-0.39, 0.29) is 0 Å². The number of benzene rings is 1. The van der Waals surface area contributed by atoms with Crippen molar-refractivity contribution in [3.63, 3.8) is 0 Å².